The third-order valence-corrected chi connectivity index (χ3v) is 8.42. The molecule has 2 N–H and O–H groups in total. The molecule has 0 aliphatic heterocycles. The van der Waals surface area contributed by atoms with Crippen molar-refractivity contribution < 1.29 is 9.22 Å². The summed E-state index contributed by atoms with van der Waals surface area (Å²) >= 11 is 0. The molecular weight excluding hydrogens is 230 g/mol. The maximum Gasteiger partial charge on any atom is 0.223 e. The summed E-state index contributed by atoms with van der Waals surface area (Å²) in [5, 5.41) is 0.242. The number of primary amides is 1. The number of hydrogen-bond acceptors (Lipinski definition) is 2. The zero-order chi connectivity index (χ0) is 13.9. The largest absolute Gasteiger partial charge is 0.417 e. The van der Waals surface area contributed by atoms with Crippen LogP contribution in [0, 0.1) is 5.41 Å². The summed E-state index contributed by atoms with van der Waals surface area (Å²) in [5.41, 5.74) is 4.92. The van der Waals surface area contributed by atoms with Gasteiger partial charge in [0, 0.05) is 12.0 Å². The highest BCUT2D eigenvalue weighted by Gasteiger charge is 2.37. The van der Waals surface area contributed by atoms with E-state index in [1.165, 1.54) is 0 Å². The lowest BCUT2D eigenvalue weighted by Crippen LogP contribution is -2.41. The normalized spacial score (nSPS) is 13.8. The predicted octanol–water partition coefficient (Wildman–Crippen LogP) is 3.30. The van der Waals surface area contributed by atoms with Crippen LogP contribution in [0.25, 0.3) is 0 Å². The first kappa shape index (κ1) is 16.6. The van der Waals surface area contributed by atoms with Gasteiger partial charge in [0.1, 0.15) is 0 Å². The molecule has 102 valence electrons. The average molecular weight is 259 g/mol. The van der Waals surface area contributed by atoms with E-state index >= 15 is 0 Å². The molecular formula is C13H29NO2Si. The van der Waals surface area contributed by atoms with E-state index in [0.717, 1.165) is 19.4 Å². The van der Waals surface area contributed by atoms with Gasteiger partial charge in [-0.05, 0) is 31.0 Å². The summed E-state index contributed by atoms with van der Waals surface area (Å²) in [5.74, 6) is -0.232. The van der Waals surface area contributed by atoms with E-state index in [2.05, 4.69) is 33.9 Å². The minimum Gasteiger partial charge on any atom is -0.417 e. The van der Waals surface area contributed by atoms with Gasteiger partial charge in [-0.25, -0.2) is 0 Å². The quantitative estimate of drug-likeness (QED) is 0.588. The van der Waals surface area contributed by atoms with E-state index in [0.29, 0.717) is 0 Å². The van der Waals surface area contributed by atoms with Crippen LogP contribution in [0.15, 0.2) is 0 Å². The van der Waals surface area contributed by atoms with E-state index in [1.54, 1.807) is 0 Å². The van der Waals surface area contributed by atoms with E-state index in [1.807, 2.05) is 13.8 Å². The van der Waals surface area contributed by atoms with Crippen LogP contribution >= 0.6 is 0 Å². The maximum atomic E-state index is 11.2. The smallest absolute Gasteiger partial charge is 0.223 e. The number of hydrogen-bond donors (Lipinski definition) is 1. The van der Waals surface area contributed by atoms with Crippen LogP contribution < -0.4 is 5.73 Å². The molecule has 0 bridgehead atoms. The summed E-state index contributed by atoms with van der Waals surface area (Å²) in [4.78, 5) is 11.2. The molecule has 0 rings (SSSR count). The highest BCUT2D eigenvalue weighted by atomic mass is 28.4. The molecule has 3 nitrogen and oxygen atoms in total. The molecule has 0 unspecified atom stereocenters. The minimum atomic E-state index is -1.64. The molecule has 0 heterocycles. The highest BCUT2D eigenvalue weighted by Crippen LogP contribution is 2.36. The highest BCUT2D eigenvalue weighted by molar-refractivity contribution is 6.74. The van der Waals surface area contributed by atoms with Crippen LogP contribution in [0.2, 0.25) is 18.1 Å². The van der Waals surface area contributed by atoms with Crippen LogP contribution in [0.3, 0.4) is 0 Å². The molecule has 0 radical (unpaired) electrons. The van der Waals surface area contributed by atoms with Crippen LogP contribution in [-0.2, 0) is 9.22 Å². The van der Waals surface area contributed by atoms with Crippen LogP contribution in [0.5, 0.6) is 0 Å². The molecule has 0 aliphatic carbocycles. The summed E-state index contributed by atoms with van der Waals surface area (Å²) < 4.78 is 6.06. The molecule has 0 aromatic heterocycles. The van der Waals surface area contributed by atoms with E-state index in [4.69, 9.17) is 10.2 Å². The number of amides is 1. The van der Waals surface area contributed by atoms with Gasteiger partial charge in [0.15, 0.2) is 8.32 Å². The Morgan fingerprint density at radius 3 is 2.00 bits per heavy atom. The Kier molecular flexibility index (Phi) is 5.41. The molecule has 1 amide bonds. The van der Waals surface area contributed by atoms with Crippen LogP contribution in [0.4, 0.5) is 0 Å². The Morgan fingerprint density at radius 1 is 1.18 bits per heavy atom. The van der Waals surface area contributed by atoms with Gasteiger partial charge in [-0.3, -0.25) is 4.79 Å². The van der Waals surface area contributed by atoms with Crippen molar-refractivity contribution in [3.05, 3.63) is 0 Å². The van der Waals surface area contributed by atoms with Crippen LogP contribution in [-0.4, -0.2) is 20.8 Å². The van der Waals surface area contributed by atoms with Crippen molar-refractivity contribution in [2.45, 2.75) is 65.6 Å². The fraction of sp³-hybridized carbons (Fsp3) is 0.923. The minimum absolute atomic E-state index is 0.232. The molecule has 17 heavy (non-hydrogen) atoms. The Morgan fingerprint density at radius 2 is 1.65 bits per heavy atom. The Labute approximate surface area is 107 Å². The summed E-state index contributed by atoms with van der Waals surface area (Å²) in [6.07, 6.45) is 1.68. The van der Waals surface area contributed by atoms with Crippen molar-refractivity contribution in [3.63, 3.8) is 0 Å². The van der Waals surface area contributed by atoms with E-state index < -0.39 is 13.7 Å². The van der Waals surface area contributed by atoms with Gasteiger partial charge in [0.2, 0.25) is 5.91 Å². The second kappa shape index (κ2) is 5.53. The topological polar surface area (TPSA) is 52.3 Å². The standard InChI is InChI=1S/C13H29NO2Si/c1-12(2,3)17(6,7)16-10-8-9-13(4,5)11(14)15/h8-10H2,1-7H3,(H2,14,15). The van der Waals surface area contributed by atoms with E-state index in [9.17, 15) is 4.79 Å². The van der Waals surface area contributed by atoms with Crippen molar-refractivity contribution in [1.82, 2.24) is 0 Å². The van der Waals surface area contributed by atoms with Gasteiger partial charge in [-0.2, -0.15) is 0 Å². The van der Waals surface area contributed by atoms with Crippen molar-refractivity contribution in [2.75, 3.05) is 6.61 Å². The van der Waals surface area contributed by atoms with Crippen molar-refractivity contribution in [2.24, 2.45) is 11.1 Å². The second-order valence-corrected chi connectivity index (χ2v) is 11.8. The Bertz CT molecular complexity index is 267. The molecule has 0 spiro atoms. The van der Waals surface area contributed by atoms with Crippen molar-refractivity contribution in [1.29, 1.82) is 0 Å². The number of nitrogens with two attached hydrogens (primary N) is 1. The summed E-state index contributed by atoms with van der Waals surface area (Å²) in [7, 11) is -1.64. The molecule has 0 aromatic carbocycles. The van der Waals surface area contributed by atoms with Gasteiger partial charge in [0.25, 0.3) is 0 Å². The lowest BCUT2D eigenvalue weighted by atomic mass is 9.87. The maximum absolute atomic E-state index is 11.2. The molecule has 0 aromatic rings. The average Bonchev–Trinajstić information content (AvgIpc) is 2.10. The van der Waals surface area contributed by atoms with E-state index in [-0.39, 0.29) is 10.9 Å². The van der Waals surface area contributed by atoms with Gasteiger partial charge in [-0.15, -0.1) is 0 Å². The van der Waals surface area contributed by atoms with Crippen LogP contribution in [0.1, 0.15) is 47.5 Å². The predicted molar refractivity (Wildman–Crippen MR) is 75.4 cm³/mol. The lowest BCUT2D eigenvalue weighted by Gasteiger charge is -2.36. The molecule has 4 heteroatoms. The first-order valence-electron chi connectivity index (χ1n) is 6.34. The monoisotopic (exact) mass is 259 g/mol. The molecule has 0 fully saturated rings. The molecule has 0 atom stereocenters. The Hall–Kier alpha value is -0.353. The fourth-order valence-corrected chi connectivity index (χ4v) is 2.27. The van der Waals surface area contributed by atoms with Gasteiger partial charge < -0.3 is 10.2 Å². The summed E-state index contributed by atoms with van der Waals surface area (Å²) in [6.45, 7) is 15.7. The lowest BCUT2D eigenvalue weighted by molar-refractivity contribution is -0.126. The third kappa shape index (κ3) is 5.21. The number of carbonyl (C=O) groups excluding carboxylic acids is 1. The molecule has 0 aliphatic rings. The first-order valence-corrected chi connectivity index (χ1v) is 9.25. The molecule has 0 saturated carbocycles. The SMILES string of the molecule is CC(C)(CCCO[Si](C)(C)C(C)(C)C)C(N)=O. The van der Waals surface area contributed by atoms with Gasteiger partial charge in [0.05, 0.1) is 0 Å². The third-order valence-electron chi connectivity index (χ3n) is 3.88. The van der Waals surface area contributed by atoms with Gasteiger partial charge >= 0.3 is 0 Å². The molecule has 0 saturated heterocycles. The zero-order valence-electron chi connectivity index (χ0n) is 12.5. The summed E-state index contributed by atoms with van der Waals surface area (Å²) in [6, 6.07) is 0. The number of rotatable bonds is 6. The second-order valence-electron chi connectivity index (χ2n) is 6.96. The zero-order valence-corrected chi connectivity index (χ0v) is 13.5. The number of carbonyl (C=O) groups is 1. The first-order chi connectivity index (χ1) is 7.40. The van der Waals surface area contributed by atoms with Gasteiger partial charge in [-0.1, -0.05) is 34.6 Å². The fourth-order valence-electron chi connectivity index (χ4n) is 1.18. The van der Waals surface area contributed by atoms with Crippen molar-refractivity contribution in [3.8, 4) is 0 Å². The van der Waals surface area contributed by atoms with Crippen molar-refractivity contribution >= 4 is 14.2 Å². The Balaban J connectivity index is 4.07.